The normalized spacial score (nSPS) is 15.8. The number of rotatable bonds is 10. The Labute approximate surface area is 382 Å². The quantitative estimate of drug-likeness (QED) is 0.133. The van der Waals surface area contributed by atoms with Gasteiger partial charge in [0.1, 0.15) is 23.1 Å². The summed E-state index contributed by atoms with van der Waals surface area (Å²) in [5.41, 5.74) is 8.36. The second-order valence-corrected chi connectivity index (χ2v) is 16.9. The summed E-state index contributed by atoms with van der Waals surface area (Å²) in [7, 11) is 3.36. The maximum atomic E-state index is 6.07. The van der Waals surface area contributed by atoms with Crippen LogP contribution in [0.2, 0.25) is 10.0 Å². The molecule has 2 aliphatic heterocycles. The Bertz CT molecular complexity index is 2740. The highest BCUT2D eigenvalue weighted by atomic mass is 35.5. The summed E-state index contributed by atoms with van der Waals surface area (Å²) in [6.45, 7) is 5.79. The lowest BCUT2D eigenvalue weighted by Crippen LogP contribution is -2.17. The smallest absolute Gasteiger partial charge is 0.156 e. The van der Waals surface area contributed by atoms with Gasteiger partial charge in [0.25, 0.3) is 0 Å². The Morgan fingerprint density at radius 1 is 0.547 bits per heavy atom. The molecule has 0 fully saturated rings. The Balaban J connectivity index is 0.000000162. The average Bonchev–Trinajstić information content (AvgIpc) is 4.15. The number of ether oxygens (including phenoxy) is 2. The summed E-state index contributed by atoms with van der Waals surface area (Å²) in [5.74, 6) is 5.83. The Hall–Kier alpha value is -6.76. The molecule has 4 aromatic heterocycles. The van der Waals surface area contributed by atoms with Gasteiger partial charge in [-0.05, 0) is 122 Å². The van der Waals surface area contributed by atoms with E-state index >= 15 is 0 Å². The number of halogens is 2. The molecule has 2 atom stereocenters. The highest BCUT2D eigenvalue weighted by Gasteiger charge is 2.27. The van der Waals surface area contributed by atoms with E-state index in [0.29, 0.717) is 0 Å². The largest absolute Gasteiger partial charge is 0.495 e. The molecular weight excluding hydrogens is 844 g/mol. The molecule has 0 aliphatic carbocycles. The van der Waals surface area contributed by atoms with Gasteiger partial charge in [0.05, 0.1) is 49.6 Å². The number of nitrogens with zero attached hydrogens (tertiary/aromatic N) is 10. The second-order valence-electron chi connectivity index (χ2n) is 16.0. The van der Waals surface area contributed by atoms with Crippen molar-refractivity contribution in [2.45, 2.75) is 64.5 Å². The minimum absolute atomic E-state index is 0.244. The highest BCUT2D eigenvalue weighted by Crippen LogP contribution is 2.36. The standard InChI is InChI=1S/2C25H24ClN5O/c2*1-17-15-30(16-27-17)22-11-5-18(14-23(22)32-2)6-12-24-28-29-25-21(4-3-13-31(24)25)19-7-9-20(26)10-8-19/h2*5-12,14-16,21H,3-4,13H2,1-2H3/b2*12-6+/t2*21-/m10/s1. The van der Waals surface area contributed by atoms with Gasteiger partial charge in [0.2, 0.25) is 0 Å². The zero-order valence-corrected chi connectivity index (χ0v) is 37.7. The van der Waals surface area contributed by atoms with Crippen molar-refractivity contribution in [3.8, 4) is 22.9 Å². The number of benzene rings is 4. The van der Waals surface area contributed by atoms with E-state index in [1.54, 1.807) is 26.9 Å². The number of aryl methyl sites for hydroxylation is 2. The summed E-state index contributed by atoms with van der Waals surface area (Å²) >= 11 is 12.1. The summed E-state index contributed by atoms with van der Waals surface area (Å²) < 4.78 is 19.6. The number of imidazole rings is 2. The zero-order valence-electron chi connectivity index (χ0n) is 36.1. The second kappa shape index (κ2) is 18.9. The van der Waals surface area contributed by atoms with Gasteiger partial charge in [-0.15, -0.1) is 20.4 Å². The van der Waals surface area contributed by atoms with Crippen molar-refractivity contribution < 1.29 is 9.47 Å². The molecule has 8 aromatic rings. The lowest BCUT2D eigenvalue weighted by Gasteiger charge is -2.23. The van der Waals surface area contributed by atoms with Crippen molar-refractivity contribution in [1.82, 2.24) is 48.6 Å². The third kappa shape index (κ3) is 9.15. The van der Waals surface area contributed by atoms with E-state index in [9.17, 15) is 0 Å². The summed E-state index contributed by atoms with van der Waals surface area (Å²) in [4.78, 5) is 8.61. The number of methoxy groups -OCH3 is 2. The van der Waals surface area contributed by atoms with Crippen LogP contribution < -0.4 is 9.47 Å². The topological polar surface area (TPSA) is 116 Å². The number of fused-ring (bicyclic) bond motifs is 2. The van der Waals surface area contributed by atoms with Crippen molar-refractivity contribution >= 4 is 47.5 Å². The van der Waals surface area contributed by atoms with Crippen molar-refractivity contribution in [3.05, 3.63) is 177 Å². The molecule has 14 heteroatoms. The minimum atomic E-state index is 0.244. The van der Waals surface area contributed by atoms with Crippen molar-refractivity contribution in [3.63, 3.8) is 0 Å². The summed E-state index contributed by atoms with van der Waals surface area (Å²) in [5, 5.41) is 19.5. The molecule has 324 valence electrons. The van der Waals surface area contributed by atoms with Gasteiger partial charge in [-0.2, -0.15) is 0 Å². The van der Waals surface area contributed by atoms with Crippen molar-refractivity contribution in [1.29, 1.82) is 0 Å². The van der Waals surface area contributed by atoms with E-state index in [1.807, 2.05) is 96.1 Å². The van der Waals surface area contributed by atoms with Crippen LogP contribution in [0, 0.1) is 13.8 Å². The monoisotopic (exact) mass is 890 g/mol. The lowest BCUT2D eigenvalue weighted by atomic mass is 9.91. The van der Waals surface area contributed by atoms with Gasteiger partial charge in [0, 0.05) is 47.4 Å². The molecule has 0 saturated carbocycles. The SMILES string of the molecule is COc1cc(/C=C/c2nnc3n2CCC[C@@H]3c2ccc(Cl)cc2)ccc1-n1cnc(C)c1.COc1cc(/C=C/c2nnc3n2CCC[C@H]3c2ccc(Cl)cc2)ccc1-n1cnc(C)c1. The Morgan fingerprint density at radius 2 is 0.969 bits per heavy atom. The molecule has 10 rings (SSSR count). The van der Waals surface area contributed by atoms with Crippen LogP contribution in [0.4, 0.5) is 0 Å². The molecule has 0 bridgehead atoms. The molecule has 0 spiro atoms. The molecule has 0 amide bonds. The van der Waals surface area contributed by atoms with Gasteiger partial charge < -0.3 is 27.7 Å². The molecule has 6 heterocycles. The maximum absolute atomic E-state index is 6.07. The predicted octanol–water partition coefficient (Wildman–Crippen LogP) is 11.1. The van der Waals surface area contributed by atoms with E-state index < -0.39 is 0 Å². The number of hydrogen-bond donors (Lipinski definition) is 0. The minimum Gasteiger partial charge on any atom is -0.495 e. The van der Waals surface area contributed by atoms with Crippen molar-refractivity contribution in [2.75, 3.05) is 14.2 Å². The van der Waals surface area contributed by atoms with Gasteiger partial charge in [0.15, 0.2) is 11.6 Å². The Morgan fingerprint density at radius 3 is 1.34 bits per heavy atom. The summed E-state index contributed by atoms with van der Waals surface area (Å²) in [6, 6.07) is 28.3. The number of aromatic nitrogens is 10. The van der Waals surface area contributed by atoms with E-state index in [1.165, 1.54) is 11.1 Å². The van der Waals surface area contributed by atoms with Crippen molar-refractivity contribution in [2.24, 2.45) is 0 Å². The van der Waals surface area contributed by atoms with Crippen LogP contribution in [-0.2, 0) is 13.1 Å². The van der Waals surface area contributed by atoms with Crippen LogP contribution in [0.1, 0.15) is 94.5 Å². The molecule has 0 unspecified atom stereocenters. The van der Waals surface area contributed by atoms with E-state index in [0.717, 1.165) is 118 Å². The van der Waals surface area contributed by atoms with Crippen LogP contribution in [-0.4, -0.2) is 62.9 Å². The first kappa shape index (κ1) is 42.5. The molecule has 0 N–H and O–H groups in total. The first-order chi connectivity index (χ1) is 31.2. The van der Waals surface area contributed by atoms with Crippen LogP contribution in [0.3, 0.4) is 0 Å². The average molecular weight is 892 g/mol. The van der Waals surface area contributed by atoms with Crippen LogP contribution >= 0.6 is 23.2 Å². The maximum Gasteiger partial charge on any atom is 0.156 e. The summed E-state index contributed by atoms with van der Waals surface area (Å²) in [6.07, 6.45) is 20.0. The highest BCUT2D eigenvalue weighted by molar-refractivity contribution is 6.30. The van der Waals surface area contributed by atoms with E-state index in [4.69, 9.17) is 32.7 Å². The molecule has 64 heavy (non-hydrogen) atoms. The molecule has 0 saturated heterocycles. The van der Waals surface area contributed by atoms with Gasteiger partial charge >= 0.3 is 0 Å². The fourth-order valence-electron chi connectivity index (χ4n) is 8.53. The lowest BCUT2D eigenvalue weighted by molar-refractivity contribution is 0.412. The fourth-order valence-corrected chi connectivity index (χ4v) is 8.78. The van der Waals surface area contributed by atoms with Crippen LogP contribution in [0.25, 0.3) is 35.7 Å². The molecule has 2 aliphatic rings. The van der Waals surface area contributed by atoms with Crippen LogP contribution in [0.5, 0.6) is 11.5 Å². The third-order valence-electron chi connectivity index (χ3n) is 11.8. The molecule has 0 radical (unpaired) electrons. The number of hydrogen-bond acceptors (Lipinski definition) is 8. The van der Waals surface area contributed by atoms with E-state index in [-0.39, 0.29) is 11.8 Å². The first-order valence-electron chi connectivity index (χ1n) is 21.4. The molecule has 4 aromatic carbocycles. The molecule has 12 nitrogen and oxygen atoms in total. The zero-order chi connectivity index (χ0) is 44.2. The van der Waals surface area contributed by atoms with Crippen LogP contribution in [0.15, 0.2) is 110 Å². The Kier molecular flexibility index (Phi) is 12.6. The fraction of sp³-hybridized carbons (Fsp3) is 0.240. The molecular formula is C50H48Cl2N10O2. The van der Waals surface area contributed by atoms with Gasteiger partial charge in [-0.1, -0.05) is 71.8 Å². The third-order valence-corrected chi connectivity index (χ3v) is 12.3. The van der Waals surface area contributed by atoms with E-state index in [2.05, 4.69) is 88.0 Å². The van der Waals surface area contributed by atoms with Gasteiger partial charge in [-0.3, -0.25) is 0 Å². The first-order valence-corrected chi connectivity index (χ1v) is 22.1. The predicted molar refractivity (Wildman–Crippen MR) is 253 cm³/mol. The van der Waals surface area contributed by atoms with Gasteiger partial charge in [-0.25, -0.2) is 9.97 Å².